The fourth-order valence-electron chi connectivity index (χ4n) is 1.76. The number of rotatable bonds is 4. The van der Waals surface area contributed by atoms with Crippen molar-refractivity contribution in [2.45, 2.75) is 11.2 Å². The minimum Gasteiger partial charge on any atom is -0.490 e. The third-order valence-corrected chi connectivity index (χ3v) is 3.50. The van der Waals surface area contributed by atoms with E-state index in [1.807, 2.05) is 0 Å². The van der Waals surface area contributed by atoms with E-state index in [1.165, 1.54) is 43.5 Å². The van der Waals surface area contributed by atoms with E-state index >= 15 is 0 Å². The minimum absolute atomic E-state index is 0.0144. The molecule has 2 rings (SSSR count). The molecule has 0 radical (unpaired) electrons. The summed E-state index contributed by atoms with van der Waals surface area (Å²) in [6.07, 6.45) is 4.18. The van der Waals surface area contributed by atoms with Gasteiger partial charge in [0.1, 0.15) is 11.1 Å². The average Bonchev–Trinajstić information content (AvgIpc) is 2.43. The minimum atomic E-state index is -1.80. The highest BCUT2D eigenvalue weighted by atomic mass is 35.5. The molecule has 21 heavy (non-hydrogen) atoms. The summed E-state index contributed by atoms with van der Waals surface area (Å²) in [5.74, 6) is -1.62. The molecule has 0 spiro atoms. The van der Waals surface area contributed by atoms with Crippen molar-refractivity contribution < 1.29 is 19.5 Å². The van der Waals surface area contributed by atoms with Crippen LogP contribution in [0.25, 0.3) is 0 Å². The Kier molecular flexibility index (Phi) is 4.41. The fraction of sp³-hybridized carbons (Fsp3) is 0.231. The van der Waals surface area contributed by atoms with E-state index in [4.69, 9.17) is 32.7 Å². The Bertz CT molecular complexity index is 631. The van der Waals surface area contributed by atoms with Crippen molar-refractivity contribution in [2.24, 2.45) is 0 Å². The van der Waals surface area contributed by atoms with Gasteiger partial charge in [0.25, 0.3) is 0 Å². The number of benzene rings is 1. The monoisotopic (exact) mass is 331 g/mol. The summed E-state index contributed by atoms with van der Waals surface area (Å²) in [5, 5.41) is 20.6. The molecule has 0 bridgehead atoms. The highest BCUT2D eigenvalue weighted by molar-refractivity contribution is 6.32. The molecule has 1 aliphatic rings. The Morgan fingerprint density at radius 1 is 1.48 bits per heavy atom. The van der Waals surface area contributed by atoms with Gasteiger partial charge in [0, 0.05) is 17.2 Å². The first kappa shape index (κ1) is 15.6. The summed E-state index contributed by atoms with van der Waals surface area (Å²) >= 11 is 11.8. The molecule has 1 aromatic carbocycles. The van der Waals surface area contributed by atoms with Crippen LogP contribution in [0.3, 0.4) is 0 Å². The topological polar surface area (TPSA) is 81.8 Å². The summed E-state index contributed by atoms with van der Waals surface area (Å²) in [5.41, 5.74) is -0.207. The molecular weight excluding hydrogens is 321 g/mol. The molecule has 2 atom stereocenters. The lowest BCUT2D eigenvalue weighted by atomic mass is 10.1. The number of halogens is 2. The maximum absolute atomic E-state index is 10.8. The van der Waals surface area contributed by atoms with Crippen molar-refractivity contribution in [3.05, 3.63) is 51.6 Å². The molecule has 6 nitrogen and oxygen atoms in total. The van der Waals surface area contributed by atoms with Gasteiger partial charge in [-0.2, -0.15) is 0 Å². The van der Waals surface area contributed by atoms with Gasteiger partial charge in [-0.1, -0.05) is 11.6 Å². The van der Waals surface area contributed by atoms with Crippen molar-refractivity contribution >= 4 is 28.9 Å². The van der Waals surface area contributed by atoms with Crippen molar-refractivity contribution in [3.63, 3.8) is 0 Å². The summed E-state index contributed by atoms with van der Waals surface area (Å²) in [6.45, 7) is 0. The van der Waals surface area contributed by atoms with E-state index in [1.54, 1.807) is 0 Å². The number of hydrogen-bond acceptors (Lipinski definition) is 5. The Balaban J connectivity index is 2.28. The Hall–Kier alpha value is -1.76. The van der Waals surface area contributed by atoms with Gasteiger partial charge in [-0.3, -0.25) is 10.1 Å². The van der Waals surface area contributed by atoms with Crippen molar-refractivity contribution in [1.82, 2.24) is 0 Å². The van der Waals surface area contributed by atoms with Crippen LogP contribution < -0.4 is 9.47 Å². The van der Waals surface area contributed by atoms with Crippen molar-refractivity contribution in [2.75, 3.05) is 7.11 Å². The molecule has 0 saturated heterocycles. The van der Waals surface area contributed by atoms with Crippen LogP contribution in [0.1, 0.15) is 0 Å². The van der Waals surface area contributed by atoms with Gasteiger partial charge < -0.3 is 14.6 Å². The maximum Gasteiger partial charge on any atom is 0.311 e. The van der Waals surface area contributed by atoms with Crippen molar-refractivity contribution in [1.29, 1.82) is 0 Å². The lowest BCUT2D eigenvalue weighted by Crippen LogP contribution is -2.43. The predicted octanol–water partition coefficient (Wildman–Crippen LogP) is 2.97. The molecule has 0 aliphatic heterocycles. The lowest BCUT2D eigenvalue weighted by Gasteiger charge is -2.30. The quantitative estimate of drug-likeness (QED) is 0.397. The molecule has 1 aliphatic carbocycles. The van der Waals surface area contributed by atoms with Crippen LogP contribution >= 0.6 is 23.2 Å². The summed E-state index contributed by atoms with van der Waals surface area (Å²) in [7, 11) is 1.30. The Morgan fingerprint density at radius 3 is 2.76 bits per heavy atom. The molecule has 1 N–H and O–H groups in total. The highest BCUT2D eigenvalue weighted by Gasteiger charge is 2.37. The maximum atomic E-state index is 10.8. The molecule has 0 aromatic heterocycles. The average molecular weight is 332 g/mol. The Morgan fingerprint density at radius 2 is 2.19 bits per heavy atom. The van der Waals surface area contributed by atoms with Gasteiger partial charge >= 0.3 is 5.69 Å². The zero-order valence-electron chi connectivity index (χ0n) is 10.8. The van der Waals surface area contributed by atoms with Crippen LogP contribution in [-0.2, 0) is 0 Å². The third kappa shape index (κ3) is 3.29. The number of nitro groups is 1. The van der Waals surface area contributed by atoms with E-state index in [2.05, 4.69) is 0 Å². The fourth-order valence-corrected chi connectivity index (χ4v) is 2.26. The van der Waals surface area contributed by atoms with Gasteiger partial charge in [0.05, 0.1) is 12.0 Å². The van der Waals surface area contributed by atoms with Gasteiger partial charge in [0.15, 0.2) is 0 Å². The molecular formula is C13H11Cl2NO5. The van der Waals surface area contributed by atoms with E-state index in [9.17, 15) is 15.2 Å². The van der Waals surface area contributed by atoms with E-state index in [0.717, 1.165) is 0 Å². The molecule has 2 unspecified atom stereocenters. The molecule has 1 aromatic rings. The first-order chi connectivity index (χ1) is 9.85. The van der Waals surface area contributed by atoms with E-state index in [0.29, 0.717) is 5.03 Å². The van der Waals surface area contributed by atoms with Crippen LogP contribution in [0.4, 0.5) is 5.69 Å². The summed E-state index contributed by atoms with van der Waals surface area (Å²) in [4.78, 5) is 10.2. The lowest BCUT2D eigenvalue weighted by molar-refractivity contribution is -0.385. The third-order valence-electron chi connectivity index (χ3n) is 2.81. The number of nitro benzene ring substituents is 1. The number of aliphatic hydroxyl groups is 1. The molecule has 112 valence electrons. The first-order valence-electron chi connectivity index (χ1n) is 5.80. The smallest absolute Gasteiger partial charge is 0.311 e. The standard InChI is InChI=1S/C13H11Cl2NO5/c1-20-11-7-9(2-3-10(11)16(18)19)21-13(17)5-4-8(14)6-12(13)15/h2-7,12,17H,1H3. The van der Waals surface area contributed by atoms with Gasteiger partial charge in [-0.25, -0.2) is 0 Å². The zero-order valence-corrected chi connectivity index (χ0v) is 12.3. The molecule has 8 heteroatoms. The van der Waals surface area contributed by atoms with Crippen LogP contribution in [0, 0.1) is 10.1 Å². The molecule has 0 fully saturated rings. The van der Waals surface area contributed by atoms with Gasteiger partial charge in [-0.05, 0) is 24.3 Å². The molecule has 0 heterocycles. The zero-order chi connectivity index (χ0) is 15.6. The summed E-state index contributed by atoms with van der Waals surface area (Å²) < 4.78 is 10.3. The second-order valence-corrected chi connectivity index (χ2v) is 5.14. The number of nitrogens with zero attached hydrogens (tertiary/aromatic N) is 1. The summed E-state index contributed by atoms with van der Waals surface area (Å²) in [6, 6.07) is 3.86. The van der Waals surface area contributed by atoms with E-state index in [-0.39, 0.29) is 17.2 Å². The first-order valence-corrected chi connectivity index (χ1v) is 6.61. The second kappa shape index (κ2) is 5.93. The highest BCUT2D eigenvalue weighted by Crippen LogP contribution is 2.35. The molecule has 0 amide bonds. The van der Waals surface area contributed by atoms with Crippen LogP contribution in [0.15, 0.2) is 41.5 Å². The number of allylic oxidation sites excluding steroid dienone is 2. The van der Waals surface area contributed by atoms with Crippen molar-refractivity contribution in [3.8, 4) is 11.5 Å². The van der Waals surface area contributed by atoms with Gasteiger partial charge in [-0.15, -0.1) is 11.6 Å². The SMILES string of the molecule is COc1cc(OC2(O)C=CC(Cl)=CC2Cl)ccc1[N+](=O)[O-]. The van der Waals surface area contributed by atoms with E-state index < -0.39 is 16.1 Å². The predicted molar refractivity (Wildman–Crippen MR) is 77.9 cm³/mol. The number of ether oxygens (including phenoxy) is 2. The second-order valence-electron chi connectivity index (χ2n) is 4.23. The number of alkyl halides is 1. The number of hydrogen-bond donors (Lipinski definition) is 1. The van der Waals surface area contributed by atoms with Crippen LogP contribution in [0.5, 0.6) is 11.5 Å². The van der Waals surface area contributed by atoms with Gasteiger partial charge in [0.2, 0.25) is 11.5 Å². The van der Waals surface area contributed by atoms with Crippen LogP contribution in [-0.4, -0.2) is 28.3 Å². The molecule has 0 saturated carbocycles. The normalized spacial score (nSPS) is 24.4. The largest absolute Gasteiger partial charge is 0.490 e. The van der Waals surface area contributed by atoms with Crippen LogP contribution in [0.2, 0.25) is 0 Å². The Labute approximate surface area is 130 Å². The number of methoxy groups -OCH3 is 1.